The summed E-state index contributed by atoms with van der Waals surface area (Å²) < 4.78 is 32.5. The van der Waals surface area contributed by atoms with Gasteiger partial charge in [-0.05, 0) is 49.8 Å². The average molecular weight is 400 g/mol. The Morgan fingerprint density at radius 2 is 1.72 bits per heavy atom. The third-order valence-corrected chi connectivity index (χ3v) is 5.84. The standard InChI is InChI=1S/C22H22F2N2O3/c23-19-10-9-18(21(24)25-19)20(27)15-11-16-7-4-8-17(12-15)26(16)22(28)29-13-14-5-2-1-3-6-14/h1-3,5-6,9-10,15-17H,4,7-8,11-13H2. The first-order valence-electron chi connectivity index (χ1n) is 9.88. The molecular weight excluding hydrogens is 378 g/mol. The number of Topliss-reactive ketones (excluding diaryl/α,β-unsaturated/α-hetero) is 1. The minimum absolute atomic E-state index is 0.115. The zero-order chi connectivity index (χ0) is 20.4. The van der Waals surface area contributed by atoms with Crippen LogP contribution in [0.25, 0.3) is 0 Å². The molecule has 29 heavy (non-hydrogen) atoms. The van der Waals surface area contributed by atoms with Gasteiger partial charge in [-0.1, -0.05) is 30.3 Å². The van der Waals surface area contributed by atoms with Gasteiger partial charge in [0.05, 0.1) is 5.56 Å². The Balaban J connectivity index is 1.44. The minimum atomic E-state index is -1.08. The maximum absolute atomic E-state index is 14.0. The van der Waals surface area contributed by atoms with Crippen LogP contribution in [0.15, 0.2) is 42.5 Å². The number of hydrogen-bond donors (Lipinski definition) is 0. The number of pyridine rings is 1. The molecule has 0 aliphatic carbocycles. The number of piperidine rings is 2. The lowest BCUT2D eigenvalue weighted by Crippen LogP contribution is -2.55. The predicted octanol–water partition coefficient (Wildman–Crippen LogP) is 4.51. The Labute approximate surface area is 167 Å². The molecular formula is C22H22F2N2O3. The summed E-state index contributed by atoms with van der Waals surface area (Å²) in [4.78, 5) is 30.4. The Bertz CT molecular complexity index is 892. The summed E-state index contributed by atoms with van der Waals surface area (Å²) in [7, 11) is 0. The fourth-order valence-corrected chi connectivity index (χ4v) is 4.50. The Hall–Kier alpha value is -2.83. The van der Waals surface area contributed by atoms with E-state index in [0.717, 1.165) is 37.0 Å². The van der Waals surface area contributed by atoms with E-state index >= 15 is 0 Å². The van der Waals surface area contributed by atoms with Crippen LogP contribution in [0.1, 0.15) is 48.0 Å². The summed E-state index contributed by atoms with van der Waals surface area (Å²) in [6.07, 6.45) is 3.07. The fraction of sp³-hybridized carbons (Fsp3) is 0.409. The highest BCUT2D eigenvalue weighted by Crippen LogP contribution is 2.39. The number of carbonyl (C=O) groups is 2. The molecule has 1 aromatic heterocycles. The van der Waals surface area contributed by atoms with Crippen molar-refractivity contribution in [2.24, 2.45) is 5.92 Å². The quantitative estimate of drug-likeness (QED) is 0.560. The van der Waals surface area contributed by atoms with Gasteiger partial charge in [-0.2, -0.15) is 13.8 Å². The molecule has 2 aromatic rings. The van der Waals surface area contributed by atoms with E-state index in [-0.39, 0.29) is 36.1 Å². The lowest BCUT2D eigenvalue weighted by atomic mass is 9.76. The number of halogens is 2. The number of carbonyl (C=O) groups excluding carboxylic acids is 2. The lowest BCUT2D eigenvalue weighted by Gasteiger charge is -2.47. The molecule has 2 fully saturated rings. The summed E-state index contributed by atoms with van der Waals surface area (Å²) in [6, 6.07) is 11.4. The largest absolute Gasteiger partial charge is 0.445 e. The van der Waals surface area contributed by atoms with Crippen molar-refractivity contribution in [2.45, 2.75) is 50.8 Å². The molecule has 2 atom stereocenters. The van der Waals surface area contributed by atoms with Gasteiger partial charge in [0.15, 0.2) is 5.78 Å². The van der Waals surface area contributed by atoms with Crippen LogP contribution in [-0.2, 0) is 11.3 Å². The van der Waals surface area contributed by atoms with E-state index in [9.17, 15) is 18.4 Å². The number of ether oxygens (including phenoxy) is 1. The zero-order valence-electron chi connectivity index (χ0n) is 15.9. The van der Waals surface area contributed by atoms with Crippen molar-refractivity contribution in [2.75, 3.05) is 0 Å². The SMILES string of the molecule is O=C(c1ccc(F)nc1F)C1CC2CCCC(C1)N2C(=O)OCc1ccccc1. The minimum Gasteiger partial charge on any atom is -0.445 e. The highest BCUT2D eigenvalue weighted by molar-refractivity contribution is 5.98. The van der Waals surface area contributed by atoms with Gasteiger partial charge in [0, 0.05) is 18.0 Å². The molecule has 0 radical (unpaired) electrons. The van der Waals surface area contributed by atoms with E-state index in [2.05, 4.69) is 4.98 Å². The number of amides is 1. The maximum Gasteiger partial charge on any atom is 0.410 e. The topological polar surface area (TPSA) is 59.5 Å². The van der Waals surface area contributed by atoms with Gasteiger partial charge in [0.1, 0.15) is 6.61 Å². The third-order valence-electron chi connectivity index (χ3n) is 5.84. The number of hydrogen-bond acceptors (Lipinski definition) is 4. The molecule has 7 heteroatoms. The number of rotatable bonds is 4. The number of aromatic nitrogens is 1. The first-order chi connectivity index (χ1) is 14.0. The first-order valence-corrected chi connectivity index (χ1v) is 9.88. The van der Waals surface area contributed by atoms with Crippen LogP contribution in [-0.4, -0.2) is 33.8 Å². The highest BCUT2D eigenvalue weighted by Gasteiger charge is 2.44. The van der Waals surface area contributed by atoms with Gasteiger partial charge in [0.2, 0.25) is 11.9 Å². The van der Waals surface area contributed by atoms with Crippen molar-refractivity contribution < 1.29 is 23.1 Å². The van der Waals surface area contributed by atoms with Crippen molar-refractivity contribution in [1.82, 2.24) is 9.88 Å². The molecule has 0 spiro atoms. The predicted molar refractivity (Wildman–Crippen MR) is 101 cm³/mol. The van der Waals surface area contributed by atoms with E-state index in [1.807, 2.05) is 30.3 Å². The summed E-state index contributed by atoms with van der Waals surface area (Å²) in [6.45, 7) is 0.199. The van der Waals surface area contributed by atoms with Crippen LogP contribution in [0.5, 0.6) is 0 Å². The molecule has 152 valence electrons. The molecule has 2 bridgehead atoms. The van der Waals surface area contributed by atoms with Gasteiger partial charge in [0.25, 0.3) is 0 Å². The molecule has 2 aliphatic heterocycles. The van der Waals surface area contributed by atoms with Crippen LogP contribution < -0.4 is 0 Å². The molecule has 4 rings (SSSR count). The second-order valence-corrected chi connectivity index (χ2v) is 7.69. The molecule has 0 saturated carbocycles. The van der Waals surface area contributed by atoms with Crippen LogP contribution in [0.4, 0.5) is 13.6 Å². The monoisotopic (exact) mass is 400 g/mol. The van der Waals surface area contributed by atoms with Gasteiger partial charge in [-0.3, -0.25) is 4.79 Å². The summed E-state index contributed by atoms with van der Waals surface area (Å²) >= 11 is 0. The Morgan fingerprint density at radius 3 is 2.38 bits per heavy atom. The number of benzene rings is 1. The number of ketones is 1. The second kappa shape index (κ2) is 8.27. The van der Waals surface area contributed by atoms with Crippen LogP contribution in [0.2, 0.25) is 0 Å². The van der Waals surface area contributed by atoms with Gasteiger partial charge < -0.3 is 9.64 Å². The summed E-state index contributed by atoms with van der Waals surface area (Å²) in [5, 5.41) is 0. The molecule has 1 aromatic carbocycles. The van der Waals surface area contributed by atoms with Crippen molar-refractivity contribution in [3.05, 3.63) is 65.5 Å². The van der Waals surface area contributed by atoms with Crippen LogP contribution in [0, 0.1) is 17.8 Å². The van der Waals surface area contributed by atoms with Crippen molar-refractivity contribution in [3.8, 4) is 0 Å². The van der Waals surface area contributed by atoms with Gasteiger partial charge in [-0.15, -0.1) is 0 Å². The van der Waals surface area contributed by atoms with E-state index in [1.54, 1.807) is 4.90 Å². The van der Waals surface area contributed by atoms with E-state index in [4.69, 9.17) is 4.74 Å². The van der Waals surface area contributed by atoms with Crippen LogP contribution >= 0.6 is 0 Å². The zero-order valence-corrected chi connectivity index (χ0v) is 15.9. The average Bonchev–Trinajstić information content (AvgIpc) is 2.71. The van der Waals surface area contributed by atoms with Crippen molar-refractivity contribution >= 4 is 11.9 Å². The highest BCUT2D eigenvalue weighted by atomic mass is 19.1. The first kappa shape index (κ1) is 19.5. The van der Waals surface area contributed by atoms with Gasteiger partial charge in [-0.25, -0.2) is 4.79 Å². The van der Waals surface area contributed by atoms with Gasteiger partial charge >= 0.3 is 6.09 Å². The van der Waals surface area contributed by atoms with Crippen molar-refractivity contribution in [3.63, 3.8) is 0 Å². The van der Waals surface area contributed by atoms with Crippen molar-refractivity contribution in [1.29, 1.82) is 0 Å². The smallest absolute Gasteiger partial charge is 0.410 e. The molecule has 0 N–H and O–H groups in total. The Kier molecular flexibility index (Phi) is 5.56. The van der Waals surface area contributed by atoms with Crippen LogP contribution in [0.3, 0.4) is 0 Å². The molecule has 2 saturated heterocycles. The Morgan fingerprint density at radius 1 is 1.03 bits per heavy atom. The number of nitrogens with zero attached hydrogens (tertiary/aromatic N) is 2. The fourth-order valence-electron chi connectivity index (χ4n) is 4.50. The molecule has 3 heterocycles. The lowest BCUT2D eigenvalue weighted by molar-refractivity contribution is 0.00462. The van der Waals surface area contributed by atoms with E-state index in [1.165, 1.54) is 0 Å². The van der Waals surface area contributed by atoms with E-state index < -0.39 is 17.8 Å². The second-order valence-electron chi connectivity index (χ2n) is 7.69. The molecule has 2 unspecified atom stereocenters. The maximum atomic E-state index is 14.0. The summed E-state index contributed by atoms with van der Waals surface area (Å²) in [5.74, 6) is -2.81. The molecule has 5 nitrogen and oxygen atoms in total. The molecule has 1 amide bonds. The normalized spacial score (nSPS) is 23.5. The summed E-state index contributed by atoms with van der Waals surface area (Å²) in [5.41, 5.74) is 0.727. The molecule has 2 aliphatic rings. The number of fused-ring (bicyclic) bond motifs is 2. The third kappa shape index (κ3) is 4.13. The van der Waals surface area contributed by atoms with E-state index in [0.29, 0.717) is 12.8 Å².